The van der Waals surface area contributed by atoms with Gasteiger partial charge in [-0.05, 0) is 43.2 Å². The lowest BCUT2D eigenvalue weighted by Gasteiger charge is -2.02. The first-order chi connectivity index (χ1) is 11.5. The van der Waals surface area contributed by atoms with E-state index in [0.29, 0.717) is 0 Å². The van der Waals surface area contributed by atoms with Gasteiger partial charge in [0.1, 0.15) is 11.4 Å². The highest BCUT2D eigenvalue weighted by Crippen LogP contribution is 2.33. The number of phenolic OH excluding ortho intramolecular Hbond substituents is 1. The lowest BCUT2D eigenvalue weighted by atomic mass is 10.1. The topological polar surface area (TPSA) is 88.1 Å². The van der Waals surface area contributed by atoms with Crippen LogP contribution in [-0.2, 0) is 0 Å². The molecule has 0 aliphatic carbocycles. The van der Waals surface area contributed by atoms with Gasteiger partial charge in [0.15, 0.2) is 5.69 Å². The Hall–Kier alpha value is -2.76. The minimum Gasteiger partial charge on any atom is -0.506 e. The molecular weight excluding hydrogens is 306 g/mol. The SMILES string of the molecule is CC.CC.Cc1cc(N=Nc2ccccc2O)c([N+](=O)[O-])cc1C. The van der Waals surface area contributed by atoms with Crippen molar-refractivity contribution >= 4 is 17.1 Å². The van der Waals surface area contributed by atoms with Crippen LogP contribution in [0.1, 0.15) is 38.8 Å². The molecule has 0 radical (unpaired) electrons. The molecule has 0 saturated heterocycles. The molecule has 0 aliphatic rings. The number of azo groups is 1. The molecule has 0 bridgehead atoms. The van der Waals surface area contributed by atoms with Gasteiger partial charge < -0.3 is 5.11 Å². The predicted molar refractivity (Wildman–Crippen MR) is 97.5 cm³/mol. The summed E-state index contributed by atoms with van der Waals surface area (Å²) in [5.41, 5.74) is 2.04. The van der Waals surface area contributed by atoms with E-state index in [9.17, 15) is 15.2 Å². The molecule has 0 amide bonds. The van der Waals surface area contributed by atoms with E-state index < -0.39 is 4.92 Å². The number of phenols is 1. The lowest BCUT2D eigenvalue weighted by molar-refractivity contribution is -0.384. The summed E-state index contributed by atoms with van der Waals surface area (Å²) in [6, 6.07) is 9.48. The molecule has 6 nitrogen and oxygen atoms in total. The third-order valence-corrected chi connectivity index (χ3v) is 2.93. The number of nitro groups is 1. The van der Waals surface area contributed by atoms with E-state index in [2.05, 4.69) is 10.2 Å². The molecule has 0 aliphatic heterocycles. The minimum absolute atomic E-state index is 0.0252. The van der Waals surface area contributed by atoms with Gasteiger partial charge in [0.2, 0.25) is 0 Å². The molecular formula is C18H25N3O3. The Morgan fingerprint density at radius 2 is 1.42 bits per heavy atom. The highest BCUT2D eigenvalue weighted by Gasteiger charge is 2.15. The second-order valence-electron chi connectivity index (χ2n) is 4.37. The molecule has 6 heteroatoms. The molecule has 0 atom stereocenters. The summed E-state index contributed by atoms with van der Waals surface area (Å²) in [5, 5.41) is 28.3. The Labute approximate surface area is 143 Å². The van der Waals surface area contributed by atoms with Crippen molar-refractivity contribution in [3.8, 4) is 5.75 Å². The zero-order valence-corrected chi connectivity index (χ0v) is 15.1. The van der Waals surface area contributed by atoms with Crippen molar-refractivity contribution in [3.63, 3.8) is 0 Å². The second kappa shape index (κ2) is 10.9. The summed E-state index contributed by atoms with van der Waals surface area (Å²) < 4.78 is 0. The summed E-state index contributed by atoms with van der Waals surface area (Å²) >= 11 is 0. The van der Waals surface area contributed by atoms with Crippen LogP contribution in [0.5, 0.6) is 5.75 Å². The first kappa shape index (κ1) is 21.2. The summed E-state index contributed by atoms with van der Waals surface area (Å²) in [5.74, 6) is -0.0252. The number of para-hydroxylation sites is 1. The van der Waals surface area contributed by atoms with Gasteiger partial charge in [-0.15, -0.1) is 10.2 Å². The number of aryl methyl sites for hydroxylation is 2. The first-order valence-electron chi connectivity index (χ1n) is 7.94. The molecule has 0 heterocycles. The quantitative estimate of drug-likeness (QED) is 0.402. The molecule has 24 heavy (non-hydrogen) atoms. The first-order valence-corrected chi connectivity index (χ1v) is 7.94. The Bertz CT molecular complexity index is 698. The summed E-state index contributed by atoms with van der Waals surface area (Å²) in [6.45, 7) is 11.6. The van der Waals surface area contributed by atoms with Gasteiger partial charge in [-0.1, -0.05) is 39.8 Å². The van der Waals surface area contributed by atoms with Gasteiger partial charge in [-0.2, -0.15) is 0 Å². The number of benzene rings is 2. The Kier molecular flexibility index (Phi) is 9.63. The fraction of sp³-hybridized carbons (Fsp3) is 0.333. The number of hydrogen-bond acceptors (Lipinski definition) is 5. The molecule has 2 aromatic carbocycles. The number of rotatable bonds is 3. The minimum atomic E-state index is -0.494. The van der Waals surface area contributed by atoms with E-state index in [1.165, 1.54) is 12.1 Å². The number of aromatic hydroxyl groups is 1. The van der Waals surface area contributed by atoms with Crippen LogP contribution in [0.15, 0.2) is 46.6 Å². The molecule has 2 aromatic rings. The smallest absolute Gasteiger partial charge is 0.297 e. The molecule has 0 saturated carbocycles. The molecule has 0 fully saturated rings. The van der Waals surface area contributed by atoms with Crippen molar-refractivity contribution in [3.05, 3.63) is 57.6 Å². The van der Waals surface area contributed by atoms with Gasteiger partial charge in [-0.3, -0.25) is 10.1 Å². The zero-order valence-electron chi connectivity index (χ0n) is 15.1. The second-order valence-corrected chi connectivity index (χ2v) is 4.37. The maximum absolute atomic E-state index is 11.0. The van der Waals surface area contributed by atoms with Crippen LogP contribution in [0.4, 0.5) is 17.1 Å². The van der Waals surface area contributed by atoms with Gasteiger partial charge in [-0.25, -0.2) is 0 Å². The summed E-state index contributed by atoms with van der Waals surface area (Å²) in [4.78, 5) is 10.5. The van der Waals surface area contributed by atoms with Crippen LogP contribution in [0.2, 0.25) is 0 Å². The van der Waals surface area contributed by atoms with Crippen LogP contribution in [0.3, 0.4) is 0 Å². The van der Waals surface area contributed by atoms with E-state index in [4.69, 9.17) is 0 Å². The Balaban J connectivity index is 0.00000123. The molecule has 2 rings (SSSR count). The van der Waals surface area contributed by atoms with Crippen LogP contribution in [0.25, 0.3) is 0 Å². The van der Waals surface area contributed by atoms with Crippen molar-refractivity contribution in [2.45, 2.75) is 41.5 Å². The summed E-state index contributed by atoms with van der Waals surface area (Å²) in [7, 11) is 0. The standard InChI is InChI=1S/C14H13N3O3.2C2H6/c1-9-7-12(13(17(19)20)8-10(9)2)16-15-11-5-3-4-6-14(11)18;2*1-2/h3-8,18H,1-2H3;2*1-2H3. The van der Waals surface area contributed by atoms with Gasteiger partial charge >= 0.3 is 0 Å². The molecule has 0 aromatic heterocycles. The summed E-state index contributed by atoms with van der Waals surface area (Å²) in [6.07, 6.45) is 0. The normalized spacial score (nSPS) is 9.58. The average molecular weight is 331 g/mol. The molecule has 130 valence electrons. The number of nitrogens with zero attached hydrogens (tertiary/aromatic N) is 3. The molecule has 0 spiro atoms. The third-order valence-electron chi connectivity index (χ3n) is 2.93. The average Bonchev–Trinajstić information content (AvgIpc) is 2.60. The van der Waals surface area contributed by atoms with E-state index >= 15 is 0 Å². The fourth-order valence-electron chi connectivity index (χ4n) is 1.67. The molecule has 1 N–H and O–H groups in total. The highest BCUT2D eigenvalue weighted by molar-refractivity contribution is 5.61. The van der Waals surface area contributed by atoms with E-state index in [1.807, 2.05) is 34.6 Å². The van der Waals surface area contributed by atoms with E-state index in [-0.39, 0.29) is 22.8 Å². The van der Waals surface area contributed by atoms with Crippen molar-refractivity contribution in [2.24, 2.45) is 10.2 Å². The van der Waals surface area contributed by atoms with Crippen LogP contribution >= 0.6 is 0 Å². The maximum atomic E-state index is 11.0. The predicted octanol–water partition coefficient (Wildman–Crippen LogP) is 6.39. The highest BCUT2D eigenvalue weighted by atomic mass is 16.6. The van der Waals surface area contributed by atoms with Gasteiger partial charge in [0, 0.05) is 6.07 Å². The van der Waals surface area contributed by atoms with Crippen LogP contribution in [0, 0.1) is 24.0 Å². The fourth-order valence-corrected chi connectivity index (χ4v) is 1.67. The van der Waals surface area contributed by atoms with Crippen molar-refractivity contribution < 1.29 is 10.0 Å². The Morgan fingerprint density at radius 3 is 1.96 bits per heavy atom. The maximum Gasteiger partial charge on any atom is 0.297 e. The number of hydrogen-bond donors (Lipinski definition) is 1. The van der Waals surface area contributed by atoms with Crippen LogP contribution in [-0.4, -0.2) is 10.0 Å². The lowest BCUT2D eigenvalue weighted by Crippen LogP contribution is -1.91. The largest absolute Gasteiger partial charge is 0.506 e. The third kappa shape index (κ3) is 5.79. The number of nitro benzene ring substituents is 1. The molecule has 0 unspecified atom stereocenters. The monoisotopic (exact) mass is 331 g/mol. The van der Waals surface area contributed by atoms with E-state index in [0.717, 1.165) is 11.1 Å². The van der Waals surface area contributed by atoms with Crippen molar-refractivity contribution in [1.29, 1.82) is 0 Å². The Morgan fingerprint density at radius 1 is 0.917 bits per heavy atom. The zero-order chi connectivity index (χ0) is 18.7. The van der Waals surface area contributed by atoms with Crippen molar-refractivity contribution in [2.75, 3.05) is 0 Å². The van der Waals surface area contributed by atoms with Gasteiger partial charge in [0.05, 0.1) is 4.92 Å². The van der Waals surface area contributed by atoms with Crippen LogP contribution < -0.4 is 0 Å². The van der Waals surface area contributed by atoms with E-state index in [1.54, 1.807) is 31.2 Å². The van der Waals surface area contributed by atoms with Gasteiger partial charge in [0.25, 0.3) is 5.69 Å². The van der Waals surface area contributed by atoms with Crippen molar-refractivity contribution in [1.82, 2.24) is 0 Å².